The highest BCUT2D eigenvalue weighted by molar-refractivity contribution is 6.25. The van der Waals surface area contributed by atoms with Crippen molar-refractivity contribution in [2.75, 3.05) is 28.2 Å². The largest absolute Gasteiger partial charge is 0.510 e. The molecule has 18 nitrogen and oxygen atoms in total. The highest BCUT2D eigenvalue weighted by atomic mass is 16.4. The zero-order valence-electron chi connectivity index (χ0n) is 36.0. The van der Waals surface area contributed by atoms with Gasteiger partial charge in [0.25, 0.3) is 5.91 Å². The monoisotopic (exact) mass is 903 g/mol. The number of hydrogen-bond donors (Lipinski definition) is 10. The molecule has 6 aliphatic carbocycles. The summed E-state index contributed by atoms with van der Waals surface area (Å²) in [6.07, 6.45) is 0.227. The summed E-state index contributed by atoms with van der Waals surface area (Å²) in [6, 6.07) is 3.15. The number of ketones is 4. The first-order chi connectivity index (χ1) is 31.0. The fraction of sp³-hybridized carbons (Fsp3) is 0.375. The molecule has 8 atom stereocenters. The Hall–Kier alpha value is -7.22. The number of carbonyl (C=O) groups excluding carboxylic acids is 5. The van der Waals surface area contributed by atoms with E-state index in [1.54, 1.807) is 0 Å². The van der Waals surface area contributed by atoms with Crippen LogP contribution in [0, 0.1) is 47.4 Å². The van der Waals surface area contributed by atoms with Crippen molar-refractivity contribution in [2.45, 2.75) is 61.8 Å². The number of phenolic OH excluding ortho intramolecular Hbond substituents is 2. The van der Waals surface area contributed by atoms with Crippen molar-refractivity contribution in [1.82, 2.24) is 9.80 Å². The van der Waals surface area contributed by atoms with Crippen molar-refractivity contribution >= 4 is 35.0 Å². The zero-order valence-corrected chi connectivity index (χ0v) is 36.0. The fourth-order valence-electron chi connectivity index (χ4n) is 11.1. The molecule has 0 aromatic heterocycles. The first-order valence-corrected chi connectivity index (χ1v) is 20.9. The van der Waals surface area contributed by atoms with E-state index < -0.39 is 128 Å². The molecule has 2 aromatic rings. The molecule has 8 rings (SSSR count). The number of hydrogen-bond acceptors (Lipinski definition) is 16. The van der Waals surface area contributed by atoms with Gasteiger partial charge in [-0.15, -0.1) is 0 Å². The Balaban J connectivity index is 1.06. The van der Waals surface area contributed by atoms with Gasteiger partial charge in [0, 0.05) is 47.0 Å². The second-order valence-corrected chi connectivity index (χ2v) is 17.9. The predicted molar refractivity (Wildman–Crippen MR) is 229 cm³/mol. The average molecular weight is 904 g/mol. The molecule has 0 unspecified atom stereocenters. The topological polar surface area (TPSA) is 317 Å². The van der Waals surface area contributed by atoms with Gasteiger partial charge in [0.15, 0.2) is 22.8 Å². The quantitative estimate of drug-likeness (QED) is 0.115. The number of carbonyl (C=O) groups is 6. The normalized spacial score (nSPS) is 29.0. The lowest BCUT2D eigenvalue weighted by molar-refractivity contribution is -0.151. The van der Waals surface area contributed by atoms with Crippen molar-refractivity contribution in [3.8, 4) is 35.2 Å². The molecule has 0 spiro atoms. The molecule has 0 fully saturated rings. The fourth-order valence-corrected chi connectivity index (χ4v) is 11.1. The van der Waals surface area contributed by atoms with Crippen molar-refractivity contribution < 1.29 is 74.7 Å². The summed E-state index contributed by atoms with van der Waals surface area (Å²) < 4.78 is 0. The van der Waals surface area contributed by atoms with Gasteiger partial charge in [0.1, 0.15) is 45.7 Å². The Bertz CT molecular complexity index is 2720. The number of primary amides is 1. The Kier molecular flexibility index (Phi) is 10.8. The summed E-state index contributed by atoms with van der Waals surface area (Å²) in [6.45, 7) is 0. The number of aliphatic carboxylic acids is 1. The maximum atomic E-state index is 14.1. The molecule has 6 aliphatic rings. The Morgan fingerprint density at radius 3 is 1.39 bits per heavy atom. The predicted octanol–water partition coefficient (Wildman–Crippen LogP) is 1.34. The second kappa shape index (κ2) is 15.7. The van der Waals surface area contributed by atoms with Gasteiger partial charge in [-0.3, -0.25) is 33.8 Å². The molecule has 0 saturated heterocycles. The minimum Gasteiger partial charge on any atom is -0.510 e. The van der Waals surface area contributed by atoms with Crippen molar-refractivity contribution in [3.05, 3.63) is 103 Å². The summed E-state index contributed by atoms with van der Waals surface area (Å²) in [5.41, 5.74) is -1.83. The third-order valence-electron chi connectivity index (χ3n) is 14.0. The molecule has 66 heavy (non-hydrogen) atoms. The number of rotatable bonds is 5. The number of unbranched alkanes of at least 4 members (excludes halogenated alkanes) is 1. The summed E-state index contributed by atoms with van der Waals surface area (Å²) in [5.74, 6) is -4.05. The van der Waals surface area contributed by atoms with Crippen LogP contribution >= 0.6 is 0 Å². The van der Waals surface area contributed by atoms with E-state index in [4.69, 9.17) is 5.73 Å². The molecule has 342 valence electrons. The minimum atomic E-state index is -2.85. The van der Waals surface area contributed by atoms with Crippen LogP contribution in [0.5, 0.6) is 11.5 Å². The number of carboxylic acid groups (broad SMARTS) is 1. The van der Waals surface area contributed by atoms with E-state index in [-0.39, 0.29) is 60.8 Å². The lowest BCUT2D eigenvalue weighted by Crippen LogP contribution is -2.63. The number of likely N-dealkylation sites (N-methyl/N-ethyl adjacent to an activating group) is 2. The molecule has 0 aliphatic heterocycles. The van der Waals surface area contributed by atoms with Crippen LogP contribution in [0.15, 0.2) is 69.6 Å². The van der Waals surface area contributed by atoms with Crippen LogP contribution in [-0.4, -0.2) is 142 Å². The van der Waals surface area contributed by atoms with Gasteiger partial charge < -0.3 is 51.7 Å². The van der Waals surface area contributed by atoms with Crippen LogP contribution in [0.4, 0.5) is 0 Å². The standard InChI is InChI=1S/C48H45N3O15/c1-50(2)35-25-17-21-15-23-19(11-13-27(52)31(23)37(54)29(21)41(58)47(25,65)43(60)33(39(35)56)45(49)62)9-7-5-6-8-10-20-12-14-28(53)32-24(20)16-22-18-26-36(51(3)4)40(57)34(46(63)64)44(61)48(26,66)42(59)30(22)38(32)55/h11-14,21-22,25-26,35-36,52-53,56-59,65-66H,5-6,15-18H2,1-4H3,(H2,49,62)(H,63,64)/t21-,22-,25-,26-,35-,36-,47-,48-/m0/s1. The third-order valence-corrected chi connectivity index (χ3v) is 14.0. The molecule has 0 heterocycles. The van der Waals surface area contributed by atoms with Crippen molar-refractivity contribution in [1.29, 1.82) is 0 Å². The Morgan fingerprint density at radius 1 is 0.652 bits per heavy atom. The van der Waals surface area contributed by atoms with Gasteiger partial charge in [-0.25, -0.2) is 4.79 Å². The number of benzene rings is 2. The Morgan fingerprint density at radius 2 is 1.03 bits per heavy atom. The third kappa shape index (κ3) is 6.28. The number of aromatic hydroxyl groups is 2. The van der Waals surface area contributed by atoms with Crippen molar-refractivity contribution in [3.63, 3.8) is 0 Å². The van der Waals surface area contributed by atoms with Crippen LogP contribution in [0.2, 0.25) is 0 Å². The molecule has 0 radical (unpaired) electrons. The number of allylic oxidation sites excluding steroid dienone is 2. The molecule has 2 aromatic carbocycles. The Labute approximate surface area is 376 Å². The summed E-state index contributed by atoms with van der Waals surface area (Å²) in [4.78, 5) is 82.4. The first kappa shape index (κ1) is 45.4. The SMILES string of the molecule is CN(C)[C@@H]1C(O)=C(C(N)=O)C(=O)[C@@]2(O)C(O)=C3C(=O)c4c(O)ccc(C#CCCC#Cc5ccc(O)c6c5C[C@H]5C[C@H]7[C@H](N(C)C)C(O)=C(C(=O)O)C(=O)[C@@]7(O)C(O)=C5C6=O)c4C[C@H]3C[C@@H]12. The van der Waals surface area contributed by atoms with Crippen molar-refractivity contribution in [2.24, 2.45) is 29.4 Å². The average Bonchev–Trinajstić information content (AvgIpc) is 3.22. The van der Waals surface area contributed by atoms with Crippen LogP contribution < -0.4 is 5.73 Å². The number of aliphatic hydroxyl groups is 6. The van der Waals surface area contributed by atoms with Gasteiger partial charge in [-0.1, -0.05) is 23.7 Å². The molecule has 11 N–H and O–H groups in total. The molecule has 1 amide bonds. The number of fused-ring (bicyclic) bond motifs is 6. The number of carboxylic acids is 1. The van der Waals surface area contributed by atoms with E-state index in [0.29, 0.717) is 22.3 Å². The van der Waals surface area contributed by atoms with Crippen LogP contribution in [0.25, 0.3) is 0 Å². The number of aliphatic hydroxyl groups excluding tert-OH is 4. The number of Topliss-reactive ketones (excluding diaryl/α,β-unsaturated/α-hetero) is 4. The van der Waals surface area contributed by atoms with Crippen LogP contribution in [0.3, 0.4) is 0 Å². The zero-order chi connectivity index (χ0) is 48.2. The lowest BCUT2D eigenvalue weighted by Gasteiger charge is -2.50. The van der Waals surface area contributed by atoms with E-state index in [9.17, 15) is 74.7 Å². The lowest BCUT2D eigenvalue weighted by atomic mass is 9.58. The maximum Gasteiger partial charge on any atom is 0.342 e. The minimum absolute atomic E-state index is 0.0225. The van der Waals surface area contributed by atoms with Crippen LogP contribution in [-0.2, 0) is 32.0 Å². The van der Waals surface area contributed by atoms with Gasteiger partial charge in [0.05, 0.1) is 23.2 Å². The summed E-state index contributed by atoms with van der Waals surface area (Å²) in [5, 5.41) is 100. The van der Waals surface area contributed by atoms with E-state index in [1.165, 1.54) is 62.3 Å². The van der Waals surface area contributed by atoms with Gasteiger partial charge >= 0.3 is 5.97 Å². The molecule has 18 heteroatoms. The smallest absolute Gasteiger partial charge is 0.342 e. The van der Waals surface area contributed by atoms with Crippen LogP contribution in [0.1, 0.15) is 68.7 Å². The second-order valence-electron chi connectivity index (χ2n) is 17.9. The maximum absolute atomic E-state index is 14.1. The first-order valence-electron chi connectivity index (χ1n) is 20.9. The van der Waals surface area contributed by atoms with Gasteiger partial charge in [0.2, 0.25) is 11.6 Å². The number of nitrogens with zero attached hydrogens (tertiary/aromatic N) is 2. The van der Waals surface area contributed by atoms with E-state index in [1.807, 2.05) is 0 Å². The van der Waals surface area contributed by atoms with E-state index in [0.717, 1.165) is 0 Å². The number of amides is 1. The van der Waals surface area contributed by atoms with Gasteiger partial charge in [-0.05, 0) is 101 Å². The highest BCUT2D eigenvalue weighted by Crippen LogP contribution is 2.54. The van der Waals surface area contributed by atoms with E-state index >= 15 is 0 Å². The molecular weight excluding hydrogens is 859 g/mol. The molecule has 0 bridgehead atoms. The highest BCUT2D eigenvalue weighted by Gasteiger charge is 2.65. The summed E-state index contributed by atoms with van der Waals surface area (Å²) in [7, 11) is 6.07. The van der Waals surface area contributed by atoms with Gasteiger partial charge in [-0.2, -0.15) is 0 Å². The number of phenols is 2. The van der Waals surface area contributed by atoms with E-state index in [2.05, 4.69) is 23.7 Å². The summed E-state index contributed by atoms with van der Waals surface area (Å²) >= 11 is 0. The molecular formula is C48H45N3O15. The molecule has 0 saturated carbocycles. The number of nitrogens with two attached hydrogens (primary N) is 1.